The van der Waals surface area contributed by atoms with Crippen LogP contribution in [0.15, 0.2) is 28.7 Å². The van der Waals surface area contributed by atoms with Crippen LogP contribution in [0.3, 0.4) is 0 Å². The largest absolute Gasteiger partial charge is 0.326 e. The third kappa shape index (κ3) is 4.36. The summed E-state index contributed by atoms with van der Waals surface area (Å²) in [7, 11) is 0. The summed E-state index contributed by atoms with van der Waals surface area (Å²) in [6.45, 7) is 0. The van der Waals surface area contributed by atoms with Gasteiger partial charge in [0.05, 0.1) is 0 Å². The van der Waals surface area contributed by atoms with Crippen LogP contribution in [0.25, 0.3) is 0 Å². The lowest BCUT2D eigenvalue weighted by Gasteiger charge is -2.20. The molecule has 1 heterocycles. The molecular weight excluding hydrogens is 298 g/mol. The van der Waals surface area contributed by atoms with Gasteiger partial charge in [0, 0.05) is 16.6 Å². The molecular formula is C13H16BrNOS. The van der Waals surface area contributed by atoms with Gasteiger partial charge in [-0.2, -0.15) is 11.8 Å². The molecule has 0 atom stereocenters. The van der Waals surface area contributed by atoms with Crippen molar-refractivity contribution in [1.82, 2.24) is 0 Å². The van der Waals surface area contributed by atoms with Gasteiger partial charge >= 0.3 is 0 Å². The third-order valence-electron chi connectivity index (χ3n) is 2.92. The Hall–Kier alpha value is -0.480. The monoisotopic (exact) mass is 313 g/mol. The first-order valence-corrected chi connectivity index (χ1v) is 7.82. The maximum Gasteiger partial charge on any atom is 0.224 e. The standard InChI is InChI=1S/C13H16BrNOS/c14-11-2-1-3-12(9-11)15-13(16)8-10-4-6-17-7-5-10/h1-3,9-10H,4-8H2,(H,15,16). The molecule has 17 heavy (non-hydrogen) atoms. The lowest BCUT2D eigenvalue weighted by molar-refractivity contribution is -0.117. The molecule has 2 nitrogen and oxygen atoms in total. The molecule has 1 aliphatic heterocycles. The summed E-state index contributed by atoms with van der Waals surface area (Å²) in [5, 5.41) is 2.95. The first-order valence-electron chi connectivity index (χ1n) is 5.87. The molecule has 92 valence electrons. The zero-order chi connectivity index (χ0) is 12.1. The average Bonchev–Trinajstić information content (AvgIpc) is 2.30. The van der Waals surface area contributed by atoms with Crippen LogP contribution in [0.2, 0.25) is 0 Å². The van der Waals surface area contributed by atoms with Gasteiger partial charge < -0.3 is 5.32 Å². The first kappa shape index (κ1) is 13.0. The lowest BCUT2D eigenvalue weighted by Crippen LogP contribution is -2.19. The van der Waals surface area contributed by atoms with E-state index in [1.807, 2.05) is 36.0 Å². The second-order valence-electron chi connectivity index (χ2n) is 4.32. The van der Waals surface area contributed by atoms with Crippen LogP contribution in [0.1, 0.15) is 19.3 Å². The SMILES string of the molecule is O=C(CC1CCSCC1)Nc1cccc(Br)c1. The van der Waals surface area contributed by atoms with Crippen LogP contribution in [0, 0.1) is 5.92 Å². The number of halogens is 1. The Morgan fingerprint density at radius 2 is 2.18 bits per heavy atom. The normalized spacial score (nSPS) is 16.8. The minimum absolute atomic E-state index is 0.139. The molecule has 0 aliphatic carbocycles. The van der Waals surface area contributed by atoms with Crippen molar-refractivity contribution < 1.29 is 4.79 Å². The maximum atomic E-state index is 11.9. The van der Waals surface area contributed by atoms with E-state index in [1.165, 1.54) is 24.3 Å². The second kappa shape index (κ2) is 6.45. The van der Waals surface area contributed by atoms with Gasteiger partial charge in [-0.15, -0.1) is 0 Å². The van der Waals surface area contributed by atoms with Gasteiger partial charge in [-0.25, -0.2) is 0 Å². The molecule has 0 aromatic heterocycles. The third-order valence-corrected chi connectivity index (χ3v) is 4.47. The molecule has 1 fully saturated rings. The van der Waals surface area contributed by atoms with Crippen molar-refractivity contribution >= 4 is 39.3 Å². The van der Waals surface area contributed by atoms with E-state index >= 15 is 0 Å². The molecule has 0 bridgehead atoms. The van der Waals surface area contributed by atoms with Gasteiger partial charge in [0.2, 0.25) is 5.91 Å². The van der Waals surface area contributed by atoms with Crippen LogP contribution >= 0.6 is 27.7 Å². The summed E-state index contributed by atoms with van der Waals surface area (Å²) in [5.41, 5.74) is 0.870. The zero-order valence-corrected chi connectivity index (χ0v) is 12.0. The molecule has 1 N–H and O–H groups in total. The smallest absolute Gasteiger partial charge is 0.224 e. The number of hydrogen-bond acceptors (Lipinski definition) is 2. The lowest BCUT2D eigenvalue weighted by atomic mass is 9.98. The van der Waals surface area contributed by atoms with E-state index in [4.69, 9.17) is 0 Å². The number of thioether (sulfide) groups is 1. The molecule has 2 rings (SSSR count). The predicted octanol–water partition coefficient (Wildman–Crippen LogP) is 3.92. The topological polar surface area (TPSA) is 29.1 Å². The highest BCUT2D eigenvalue weighted by Gasteiger charge is 2.17. The number of carbonyl (C=O) groups is 1. The molecule has 1 aliphatic rings. The molecule has 4 heteroatoms. The van der Waals surface area contributed by atoms with Crippen LogP contribution < -0.4 is 5.32 Å². The van der Waals surface area contributed by atoms with Crippen LogP contribution in [0.5, 0.6) is 0 Å². The number of nitrogens with one attached hydrogen (secondary N) is 1. The van der Waals surface area contributed by atoms with E-state index in [2.05, 4.69) is 21.2 Å². The molecule has 0 spiro atoms. The van der Waals surface area contributed by atoms with E-state index in [0.29, 0.717) is 12.3 Å². The molecule has 0 radical (unpaired) electrons. The number of amides is 1. The second-order valence-corrected chi connectivity index (χ2v) is 6.46. The van der Waals surface area contributed by atoms with E-state index in [0.717, 1.165) is 10.2 Å². The molecule has 0 saturated carbocycles. The van der Waals surface area contributed by atoms with Gasteiger partial charge in [0.1, 0.15) is 0 Å². The average molecular weight is 314 g/mol. The van der Waals surface area contributed by atoms with Gasteiger partial charge in [-0.3, -0.25) is 4.79 Å². The van der Waals surface area contributed by atoms with E-state index in [1.54, 1.807) is 0 Å². The Morgan fingerprint density at radius 3 is 2.88 bits per heavy atom. The van der Waals surface area contributed by atoms with E-state index in [-0.39, 0.29) is 5.91 Å². The Labute approximate surface area is 115 Å². The first-order chi connectivity index (χ1) is 8.24. The minimum atomic E-state index is 0.139. The van der Waals surface area contributed by atoms with Crippen molar-refractivity contribution in [2.45, 2.75) is 19.3 Å². The Bertz CT molecular complexity index is 391. The minimum Gasteiger partial charge on any atom is -0.326 e. The number of carbonyl (C=O) groups excluding carboxylic acids is 1. The summed E-state index contributed by atoms with van der Waals surface area (Å²) >= 11 is 5.39. The van der Waals surface area contributed by atoms with Crippen LogP contribution in [-0.4, -0.2) is 17.4 Å². The van der Waals surface area contributed by atoms with Gasteiger partial charge in [-0.05, 0) is 48.5 Å². The van der Waals surface area contributed by atoms with Crippen molar-refractivity contribution in [1.29, 1.82) is 0 Å². The molecule has 1 saturated heterocycles. The Morgan fingerprint density at radius 1 is 1.41 bits per heavy atom. The number of anilines is 1. The van der Waals surface area contributed by atoms with Gasteiger partial charge in [0.15, 0.2) is 0 Å². The summed E-state index contributed by atoms with van der Waals surface area (Å²) in [6, 6.07) is 7.72. The highest BCUT2D eigenvalue weighted by Crippen LogP contribution is 2.25. The molecule has 1 aromatic carbocycles. The fourth-order valence-corrected chi connectivity index (χ4v) is 3.59. The van der Waals surface area contributed by atoms with Crippen molar-refractivity contribution in [3.63, 3.8) is 0 Å². The summed E-state index contributed by atoms with van der Waals surface area (Å²) in [6.07, 6.45) is 3.01. The Kier molecular flexibility index (Phi) is 4.92. The highest BCUT2D eigenvalue weighted by atomic mass is 79.9. The molecule has 0 unspecified atom stereocenters. The number of hydrogen-bond donors (Lipinski definition) is 1. The summed E-state index contributed by atoms with van der Waals surface area (Å²) in [5.74, 6) is 3.12. The van der Waals surface area contributed by atoms with Crippen molar-refractivity contribution in [3.8, 4) is 0 Å². The number of rotatable bonds is 3. The van der Waals surface area contributed by atoms with Gasteiger partial charge in [0.25, 0.3) is 0 Å². The highest BCUT2D eigenvalue weighted by molar-refractivity contribution is 9.10. The predicted molar refractivity (Wildman–Crippen MR) is 77.4 cm³/mol. The van der Waals surface area contributed by atoms with Crippen LogP contribution in [-0.2, 0) is 4.79 Å². The van der Waals surface area contributed by atoms with Gasteiger partial charge in [-0.1, -0.05) is 22.0 Å². The number of benzene rings is 1. The quantitative estimate of drug-likeness (QED) is 0.916. The molecule has 1 amide bonds. The van der Waals surface area contributed by atoms with Crippen molar-refractivity contribution in [3.05, 3.63) is 28.7 Å². The fourth-order valence-electron chi connectivity index (χ4n) is 1.99. The van der Waals surface area contributed by atoms with Crippen molar-refractivity contribution in [2.75, 3.05) is 16.8 Å². The zero-order valence-electron chi connectivity index (χ0n) is 9.62. The Balaban J connectivity index is 1.84. The van der Waals surface area contributed by atoms with Crippen molar-refractivity contribution in [2.24, 2.45) is 5.92 Å². The van der Waals surface area contributed by atoms with E-state index in [9.17, 15) is 4.79 Å². The summed E-state index contributed by atoms with van der Waals surface area (Å²) in [4.78, 5) is 11.9. The maximum absolute atomic E-state index is 11.9. The van der Waals surface area contributed by atoms with Crippen LogP contribution in [0.4, 0.5) is 5.69 Å². The van der Waals surface area contributed by atoms with E-state index < -0.39 is 0 Å². The fraction of sp³-hybridized carbons (Fsp3) is 0.462. The summed E-state index contributed by atoms with van der Waals surface area (Å²) < 4.78 is 0.990. The molecule has 1 aromatic rings.